The van der Waals surface area contributed by atoms with Gasteiger partial charge in [-0.1, -0.05) is 0 Å². The maximum atomic E-state index is 10.8. The van der Waals surface area contributed by atoms with Crippen molar-refractivity contribution in [1.82, 2.24) is 10.6 Å². The minimum absolute atomic E-state index is 0.0709. The summed E-state index contributed by atoms with van der Waals surface area (Å²) in [6.45, 7) is 4.23. The van der Waals surface area contributed by atoms with E-state index >= 15 is 0 Å². The molecule has 4 heteroatoms. The average molecular weight is 158 g/mol. The van der Waals surface area contributed by atoms with Crippen molar-refractivity contribution in [2.45, 2.75) is 19.4 Å². The van der Waals surface area contributed by atoms with Gasteiger partial charge in [-0.3, -0.25) is 0 Å². The highest BCUT2D eigenvalue weighted by molar-refractivity contribution is 5.67. The Morgan fingerprint density at radius 3 is 3.18 bits per heavy atom. The summed E-state index contributed by atoms with van der Waals surface area (Å²) in [5.41, 5.74) is 0. The van der Waals surface area contributed by atoms with E-state index in [0.717, 1.165) is 19.5 Å². The van der Waals surface area contributed by atoms with Gasteiger partial charge in [0.2, 0.25) is 0 Å². The summed E-state index contributed by atoms with van der Waals surface area (Å²) < 4.78 is 5.04. The first-order valence-corrected chi connectivity index (χ1v) is 3.98. The Balaban J connectivity index is 2.13. The Bertz CT molecular complexity index is 132. The second kappa shape index (κ2) is 4.18. The highest BCUT2D eigenvalue weighted by Gasteiger charge is 2.17. The van der Waals surface area contributed by atoms with Crippen molar-refractivity contribution in [2.24, 2.45) is 0 Å². The molecule has 2 N–H and O–H groups in total. The first kappa shape index (κ1) is 8.33. The molecule has 4 nitrogen and oxygen atoms in total. The molecule has 1 saturated heterocycles. The third-order valence-corrected chi connectivity index (χ3v) is 1.61. The molecule has 1 unspecified atom stereocenters. The van der Waals surface area contributed by atoms with Gasteiger partial charge in [0.05, 0.1) is 0 Å². The Morgan fingerprint density at radius 2 is 2.64 bits per heavy atom. The zero-order valence-electron chi connectivity index (χ0n) is 6.72. The molecule has 1 rings (SSSR count). The van der Waals surface area contributed by atoms with E-state index in [1.54, 1.807) is 0 Å². The highest BCUT2D eigenvalue weighted by Crippen LogP contribution is 2.02. The molecule has 1 aliphatic rings. The lowest BCUT2D eigenvalue weighted by atomic mass is 10.3. The monoisotopic (exact) mass is 158 g/mol. The second-order valence-corrected chi connectivity index (χ2v) is 2.55. The van der Waals surface area contributed by atoms with Crippen molar-refractivity contribution >= 4 is 6.09 Å². The van der Waals surface area contributed by atoms with Gasteiger partial charge in [0.15, 0.2) is 0 Å². The Labute approximate surface area is 66.3 Å². The summed E-state index contributed by atoms with van der Waals surface area (Å²) in [4.78, 5) is 10.8. The fraction of sp³-hybridized carbons (Fsp3) is 0.857. The molecule has 1 aliphatic heterocycles. The molecule has 0 aromatic carbocycles. The van der Waals surface area contributed by atoms with Crippen LogP contribution in [0, 0.1) is 0 Å². The summed E-state index contributed by atoms with van der Waals surface area (Å²) in [5.74, 6) is 0. The van der Waals surface area contributed by atoms with Crippen LogP contribution >= 0.6 is 0 Å². The molecule has 1 heterocycles. The molecular formula is C7H14N2O2. The third-order valence-electron chi connectivity index (χ3n) is 1.61. The van der Waals surface area contributed by atoms with E-state index in [1.165, 1.54) is 0 Å². The summed E-state index contributed by atoms with van der Waals surface area (Å²) in [6.07, 6.45) is 0.694. The van der Waals surface area contributed by atoms with Gasteiger partial charge in [-0.2, -0.15) is 0 Å². The van der Waals surface area contributed by atoms with Crippen LogP contribution in [0.5, 0.6) is 0 Å². The van der Waals surface area contributed by atoms with Crippen molar-refractivity contribution in [3.05, 3.63) is 0 Å². The van der Waals surface area contributed by atoms with E-state index in [2.05, 4.69) is 10.6 Å². The molecule has 0 spiro atoms. The minimum atomic E-state index is -0.304. The average Bonchev–Trinajstić information content (AvgIpc) is 2.40. The lowest BCUT2D eigenvalue weighted by molar-refractivity contribution is 0.108. The molecular weight excluding hydrogens is 144 g/mol. The lowest BCUT2D eigenvalue weighted by Crippen LogP contribution is -2.29. The first-order chi connectivity index (χ1) is 5.33. The van der Waals surface area contributed by atoms with E-state index in [0.29, 0.717) is 6.54 Å². The normalized spacial score (nSPS) is 23.2. The first-order valence-electron chi connectivity index (χ1n) is 3.98. The molecule has 0 saturated carbocycles. The summed E-state index contributed by atoms with van der Waals surface area (Å²) in [7, 11) is 0. The number of ether oxygens (including phenoxy) is 1. The molecule has 1 fully saturated rings. The van der Waals surface area contributed by atoms with Crippen LogP contribution in [0.1, 0.15) is 13.3 Å². The van der Waals surface area contributed by atoms with E-state index in [4.69, 9.17) is 4.74 Å². The van der Waals surface area contributed by atoms with Crippen LogP contribution in [0.2, 0.25) is 0 Å². The van der Waals surface area contributed by atoms with E-state index in [-0.39, 0.29) is 12.2 Å². The number of carbonyl (C=O) groups is 1. The van der Waals surface area contributed by atoms with Gasteiger partial charge in [-0.25, -0.2) is 4.79 Å². The number of rotatable bonds is 2. The predicted octanol–water partition coefficient (Wildman–Crippen LogP) is 0.0944. The van der Waals surface area contributed by atoms with Crippen LogP contribution in [0.15, 0.2) is 0 Å². The second-order valence-electron chi connectivity index (χ2n) is 2.55. The maximum Gasteiger partial charge on any atom is 0.407 e. The standard InChI is InChI=1S/C7H14N2O2/c1-2-9-7(10)11-6-3-4-8-5-6/h6,8H,2-5H2,1H3,(H,9,10). The predicted molar refractivity (Wildman–Crippen MR) is 41.4 cm³/mol. The van der Waals surface area contributed by atoms with Gasteiger partial charge in [-0.15, -0.1) is 0 Å². The molecule has 0 radical (unpaired) electrons. The van der Waals surface area contributed by atoms with E-state index in [9.17, 15) is 4.79 Å². The fourth-order valence-corrected chi connectivity index (χ4v) is 1.07. The van der Waals surface area contributed by atoms with Gasteiger partial charge < -0.3 is 15.4 Å². The number of hydrogen-bond donors (Lipinski definition) is 2. The molecule has 64 valence electrons. The number of nitrogens with one attached hydrogen (secondary N) is 2. The molecule has 11 heavy (non-hydrogen) atoms. The Hall–Kier alpha value is -0.770. The van der Waals surface area contributed by atoms with E-state index in [1.807, 2.05) is 6.92 Å². The van der Waals surface area contributed by atoms with Crippen LogP contribution in [0.4, 0.5) is 4.79 Å². The number of alkyl carbamates (subject to hydrolysis) is 1. The number of carbonyl (C=O) groups excluding carboxylic acids is 1. The van der Waals surface area contributed by atoms with Crippen molar-refractivity contribution in [3.8, 4) is 0 Å². The molecule has 0 aliphatic carbocycles. The quantitative estimate of drug-likeness (QED) is 0.599. The zero-order valence-corrected chi connectivity index (χ0v) is 6.72. The lowest BCUT2D eigenvalue weighted by Gasteiger charge is -2.10. The molecule has 0 aromatic heterocycles. The van der Waals surface area contributed by atoms with Crippen LogP contribution in [-0.2, 0) is 4.74 Å². The van der Waals surface area contributed by atoms with E-state index < -0.39 is 0 Å². The summed E-state index contributed by atoms with van der Waals surface area (Å²) in [6, 6.07) is 0. The van der Waals surface area contributed by atoms with Crippen molar-refractivity contribution in [3.63, 3.8) is 0 Å². The van der Waals surface area contributed by atoms with Gasteiger partial charge in [0.1, 0.15) is 6.10 Å². The molecule has 0 aromatic rings. The summed E-state index contributed by atoms with van der Waals surface area (Å²) in [5, 5.41) is 5.70. The minimum Gasteiger partial charge on any atom is -0.445 e. The molecule has 1 atom stereocenters. The van der Waals surface area contributed by atoms with Crippen LogP contribution in [0.3, 0.4) is 0 Å². The maximum absolute atomic E-state index is 10.8. The Morgan fingerprint density at radius 1 is 1.82 bits per heavy atom. The number of hydrogen-bond acceptors (Lipinski definition) is 3. The smallest absolute Gasteiger partial charge is 0.407 e. The van der Waals surface area contributed by atoms with Gasteiger partial charge >= 0.3 is 6.09 Å². The molecule has 0 bridgehead atoms. The molecule has 1 amide bonds. The Kier molecular flexibility index (Phi) is 3.16. The zero-order chi connectivity index (χ0) is 8.10. The topological polar surface area (TPSA) is 50.4 Å². The third kappa shape index (κ3) is 2.76. The fourth-order valence-electron chi connectivity index (χ4n) is 1.07. The highest BCUT2D eigenvalue weighted by atomic mass is 16.6. The number of amides is 1. The largest absolute Gasteiger partial charge is 0.445 e. The van der Waals surface area contributed by atoms with Crippen molar-refractivity contribution in [2.75, 3.05) is 19.6 Å². The van der Waals surface area contributed by atoms with Crippen LogP contribution < -0.4 is 10.6 Å². The summed E-state index contributed by atoms with van der Waals surface area (Å²) >= 11 is 0. The SMILES string of the molecule is CCNC(=O)OC1CCNC1. The van der Waals surface area contributed by atoms with Crippen molar-refractivity contribution < 1.29 is 9.53 Å². The van der Waals surface area contributed by atoms with Crippen molar-refractivity contribution in [1.29, 1.82) is 0 Å². The van der Waals surface area contributed by atoms with Gasteiger partial charge in [-0.05, 0) is 19.9 Å². The van der Waals surface area contributed by atoms with Crippen LogP contribution in [0.25, 0.3) is 0 Å². The van der Waals surface area contributed by atoms with Crippen LogP contribution in [-0.4, -0.2) is 31.8 Å². The van der Waals surface area contributed by atoms with Gasteiger partial charge in [0.25, 0.3) is 0 Å². The van der Waals surface area contributed by atoms with Gasteiger partial charge in [0, 0.05) is 13.1 Å².